The maximum atomic E-state index is 12.8. The molecule has 2 aromatic heterocycles. The Morgan fingerprint density at radius 1 is 1.11 bits per heavy atom. The van der Waals surface area contributed by atoms with Gasteiger partial charge in [-0.05, 0) is 37.8 Å². The van der Waals surface area contributed by atoms with Crippen LogP contribution in [0.3, 0.4) is 0 Å². The van der Waals surface area contributed by atoms with Crippen LogP contribution in [0, 0.1) is 0 Å². The summed E-state index contributed by atoms with van der Waals surface area (Å²) in [6, 6.07) is 3.44. The van der Waals surface area contributed by atoms with Crippen LogP contribution in [0.25, 0.3) is 0 Å². The summed E-state index contributed by atoms with van der Waals surface area (Å²) in [7, 11) is -1.83. The molecule has 1 saturated heterocycles. The second-order valence-corrected chi connectivity index (χ2v) is 9.38. The fourth-order valence-corrected chi connectivity index (χ4v) is 5.72. The van der Waals surface area contributed by atoms with Crippen molar-refractivity contribution in [2.24, 2.45) is 7.05 Å². The average molecular weight is 391 g/mol. The van der Waals surface area contributed by atoms with Gasteiger partial charge in [-0.15, -0.1) is 0 Å². The van der Waals surface area contributed by atoms with Crippen LogP contribution >= 0.6 is 0 Å². The Balaban J connectivity index is 1.54. The second-order valence-electron chi connectivity index (χ2n) is 7.44. The summed E-state index contributed by atoms with van der Waals surface area (Å²) in [4.78, 5) is 16.7. The summed E-state index contributed by atoms with van der Waals surface area (Å²) in [5.74, 6) is 0.938. The van der Waals surface area contributed by atoms with Crippen molar-refractivity contribution in [1.82, 2.24) is 23.6 Å². The molecule has 146 valence electrons. The molecule has 4 rings (SSSR count). The summed E-state index contributed by atoms with van der Waals surface area (Å²) < 4.78 is 30.4. The zero-order chi connectivity index (χ0) is 19.0. The molecule has 0 aromatic carbocycles. The first-order valence-corrected chi connectivity index (χ1v) is 11.0. The van der Waals surface area contributed by atoms with Crippen molar-refractivity contribution >= 4 is 10.0 Å². The Bertz CT molecular complexity index is 953. The van der Waals surface area contributed by atoms with E-state index in [-0.39, 0.29) is 22.5 Å². The summed E-state index contributed by atoms with van der Waals surface area (Å²) in [5, 5.41) is 4.51. The molecule has 2 fully saturated rings. The van der Waals surface area contributed by atoms with E-state index in [1.165, 1.54) is 15.2 Å². The summed E-state index contributed by atoms with van der Waals surface area (Å²) >= 11 is 0. The van der Waals surface area contributed by atoms with Gasteiger partial charge in [-0.1, -0.05) is 12.8 Å². The Hall–Kier alpha value is -2.00. The highest BCUT2D eigenvalue weighted by Gasteiger charge is 2.34. The van der Waals surface area contributed by atoms with E-state index in [1.54, 1.807) is 25.4 Å². The van der Waals surface area contributed by atoms with Gasteiger partial charge in [0.1, 0.15) is 10.7 Å². The van der Waals surface area contributed by atoms with E-state index in [4.69, 9.17) is 0 Å². The number of piperidine rings is 1. The minimum atomic E-state index is -3.52. The highest BCUT2D eigenvalue weighted by molar-refractivity contribution is 7.89. The molecule has 3 heterocycles. The maximum absolute atomic E-state index is 12.8. The topological polar surface area (TPSA) is 90.1 Å². The van der Waals surface area contributed by atoms with Crippen LogP contribution in [0.15, 0.2) is 34.2 Å². The lowest BCUT2D eigenvalue weighted by molar-refractivity contribution is 0.304. The molecule has 0 atom stereocenters. The first-order valence-electron chi connectivity index (χ1n) is 9.54. The van der Waals surface area contributed by atoms with Crippen molar-refractivity contribution in [2.75, 3.05) is 13.1 Å². The van der Waals surface area contributed by atoms with Crippen LogP contribution in [-0.4, -0.2) is 45.1 Å². The van der Waals surface area contributed by atoms with E-state index in [2.05, 4.69) is 10.1 Å². The van der Waals surface area contributed by atoms with Gasteiger partial charge in [0, 0.05) is 44.5 Å². The number of hydrogen-bond donors (Lipinski definition) is 0. The third kappa shape index (κ3) is 3.34. The van der Waals surface area contributed by atoms with Crippen LogP contribution < -0.4 is 5.69 Å². The predicted octanol–water partition coefficient (Wildman–Crippen LogP) is 1.66. The van der Waals surface area contributed by atoms with Gasteiger partial charge in [-0.2, -0.15) is 9.40 Å². The van der Waals surface area contributed by atoms with E-state index >= 15 is 0 Å². The first kappa shape index (κ1) is 18.4. The number of sulfonamides is 1. The van der Waals surface area contributed by atoms with E-state index in [1.807, 2.05) is 4.57 Å². The summed E-state index contributed by atoms with van der Waals surface area (Å²) in [6.07, 6.45) is 8.62. The fourth-order valence-electron chi connectivity index (χ4n) is 4.29. The normalized spacial score (nSPS) is 20.3. The molecule has 8 nitrogen and oxygen atoms in total. The summed E-state index contributed by atoms with van der Waals surface area (Å²) in [5.41, 5.74) is -0.0534. The van der Waals surface area contributed by atoms with Crippen LogP contribution in [0.2, 0.25) is 0 Å². The van der Waals surface area contributed by atoms with Crippen molar-refractivity contribution in [2.45, 2.75) is 55.4 Å². The summed E-state index contributed by atoms with van der Waals surface area (Å²) in [6.45, 7) is 0.856. The van der Waals surface area contributed by atoms with Gasteiger partial charge in [-0.25, -0.2) is 17.9 Å². The van der Waals surface area contributed by atoms with E-state index in [9.17, 15) is 13.2 Å². The molecule has 0 bridgehead atoms. The SMILES string of the molecule is Cn1nc(C2CCN(S(=O)(=O)c3cccnc3)CC2)n(C2CCCC2)c1=O. The molecule has 2 aromatic rings. The highest BCUT2D eigenvalue weighted by Crippen LogP contribution is 2.34. The zero-order valence-corrected chi connectivity index (χ0v) is 16.3. The van der Waals surface area contributed by atoms with Crippen molar-refractivity contribution in [1.29, 1.82) is 0 Å². The molecule has 1 aliphatic carbocycles. The van der Waals surface area contributed by atoms with Gasteiger partial charge in [-0.3, -0.25) is 9.55 Å². The number of rotatable bonds is 4. The van der Waals surface area contributed by atoms with Crippen LogP contribution in [0.5, 0.6) is 0 Å². The van der Waals surface area contributed by atoms with Gasteiger partial charge in [0.05, 0.1) is 0 Å². The van der Waals surface area contributed by atoms with Crippen molar-refractivity contribution in [3.05, 3.63) is 40.8 Å². The molecule has 27 heavy (non-hydrogen) atoms. The smallest absolute Gasteiger partial charge is 0.276 e. The van der Waals surface area contributed by atoms with Crippen LogP contribution in [0.1, 0.15) is 56.3 Å². The Labute approximate surface area is 158 Å². The highest BCUT2D eigenvalue weighted by atomic mass is 32.2. The van der Waals surface area contributed by atoms with Gasteiger partial charge in [0.2, 0.25) is 10.0 Å². The third-order valence-corrected chi connectivity index (χ3v) is 7.65. The van der Waals surface area contributed by atoms with E-state index < -0.39 is 10.0 Å². The maximum Gasteiger partial charge on any atom is 0.345 e. The lowest BCUT2D eigenvalue weighted by atomic mass is 9.97. The first-order chi connectivity index (χ1) is 13.0. The third-order valence-electron chi connectivity index (χ3n) is 5.76. The number of nitrogens with zero attached hydrogens (tertiary/aromatic N) is 5. The number of hydrogen-bond acceptors (Lipinski definition) is 5. The van der Waals surface area contributed by atoms with Crippen LogP contribution in [0.4, 0.5) is 0 Å². The van der Waals surface area contributed by atoms with Gasteiger partial charge in [0.15, 0.2) is 0 Å². The lowest BCUT2D eigenvalue weighted by Crippen LogP contribution is -2.38. The van der Waals surface area contributed by atoms with Crippen molar-refractivity contribution < 1.29 is 8.42 Å². The van der Waals surface area contributed by atoms with Gasteiger partial charge >= 0.3 is 5.69 Å². The molecule has 9 heteroatoms. The minimum Gasteiger partial charge on any atom is -0.276 e. The zero-order valence-electron chi connectivity index (χ0n) is 15.5. The predicted molar refractivity (Wildman–Crippen MR) is 99.9 cm³/mol. The molecule has 0 unspecified atom stereocenters. The Morgan fingerprint density at radius 3 is 2.44 bits per heavy atom. The second kappa shape index (κ2) is 7.20. The van der Waals surface area contributed by atoms with E-state index in [0.29, 0.717) is 25.9 Å². The molecule has 0 spiro atoms. The van der Waals surface area contributed by atoms with Crippen molar-refractivity contribution in [3.63, 3.8) is 0 Å². The number of pyridine rings is 1. The molecule has 0 amide bonds. The molecule has 1 saturated carbocycles. The quantitative estimate of drug-likeness (QED) is 0.791. The fraction of sp³-hybridized carbons (Fsp3) is 0.611. The molecule has 0 N–H and O–H groups in total. The van der Waals surface area contributed by atoms with Crippen molar-refractivity contribution in [3.8, 4) is 0 Å². The van der Waals surface area contributed by atoms with Crippen LogP contribution in [-0.2, 0) is 17.1 Å². The Kier molecular flexibility index (Phi) is 4.90. The largest absolute Gasteiger partial charge is 0.345 e. The lowest BCUT2D eigenvalue weighted by Gasteiger charge is -2.31. The monoisotopic (exact) mass is 391 g/mol. The molecule has 1 aliphatic heterocycles. The average Bonchev–Trinajstić information content (AvgIpc) is 3.31. The number of aromatic nitrogens is 4. The molecule has 0 radical (unpaired) electrons. The standard InChI is InChI=1S/C18H25N5O3S/c1-21-18(24)23(15-5-2-3-6-15)17(20-21)14-8-11-22(12-9-14)27(25,26)16-7-4-10-19-13-16/h4,7,10,13-15H,2-3,5-6,8-9,11-12H2,1H3. The molecular weight excluding hydrogens is 366 g/mol. The van der Waals surface area contributed by atoms with Gasteiger partial charge in [0.25, 0.3) is 0 Å². The number of aryl methyl sites for hydroxylation is 1. The Morgan fingerprint density at radius 2 is 1.81 bits per heavy atom. The van der Waals surface area contributed by atoms with E-state index in [0.717, 1.165) is 31.5 Å². The minimum absolute atomic E-state index is 0.0534. The van der Waals surface area contributed by atoms with Gasteiger partial charge < -0.3 is 0 Å². The molecule has 2 aliphatic rings. The molecular formula is C18H25N5O3S.